The molecule has 3 rings (SSSR count). The Morgan fingerprint density at radius 1 is 1.32 bits per heavy atom. The standard InChI is InChI=1S/C17H16F3N3OS/c1-10-8-23(9-11(2)24-10)16-12(7-21)13(17(18,19)20)6-14(22-16)15-4-3-5-25-15/h3-6,10-11H,8-9H2,1-2H3/p+1/t10-,11-/m1/s1. The van der Waals surface area contributed by atoms with Crippen LogP contribution in [0.4, 0.5) is 19.0 Å². The number of hydrogen-bond acceptors (Lipinski definition) is 4. The SMILES string of the molecule is C[C@@H]1CN(c2[nH+]c(-c3cccs3)cc(C(F)(F)F)c2C#N)C[C@@H](C)O1. The second-order valence-electron chi connectivity index (χ2n) is 6.07. The zero-order valence-electron chi connectivity index (χ0n) is 13.7. The average molecular weight is 368 g/mol. The van der Waals surface area contributed by atoms with E-state index in [1.54, 1.807) is 28.5 Å². The Balaban J connectivity index is 2.18. The van der Waals surface area contributed by atoms with Crippen LogP contribution in [0.5, 0.6) is 0 Å². The lowest BCUT2D eigenvalue weighted by molar-refractivity contribution is -0.352. The number of H-pyrrole nitrogens is 1. The number of halogens is 3. The Morgan fingerprint density at radius 2 is 2.00 bits per heavy atom. The molecule has 8 heteroatoms. The summed E-state index contributed by atoms with van der Waals surface area (Å²) in [7, 11) is 0. The molecule has 3 heterocycles. The van der Waals surface area contributed by atoms with E-state index >= 15 is 0 Å². The lowest BCUT2D eigenvalue weighted by Gasteiger charge is -2.31. The maximum atomic E-state index is 13.6. The minimum atomic E-state index is -4.61. The van der Waals surface area contributed by atoms with Crippen LogP contribution in [-0.2, 0) is 10.9 Å². The maximum absolute atomic E-state index is 13.6. The largest absolute Gasteiger partial charge is 0.418 e. The van der Waals surface area contributed by atoms with Gasteiger partial charge in [-0.25, -0.2) is 4.98 Å². The second-order valence-corrected chi connectivity index (χ2v) is 7.02. The average Bonchev–Trinajstić information content (AvgIpc) is 3.06. The fourth-order valence-corrected chi connectivity index (χ4v) is 3.77. The highest BCUT2D eigenvalue weighted by Gasteiger charge is 2.40. The van der Waals surface area contributed by atoms with Crippen molar-refractivity contribution in [1.29, 1.82) is 5.26 Å². The fourth-order valence-electron chi connectivity index (χ4n) is 3.07. The zero-order valence-corrected chi connectivity index (χ0v) is 14.5. The second kappa shape index (κ2) is 6.65. The molecule has 25 heavy (non-hydrogen) atoms. The first-order chi connectivity index (χ1) is 11.8. The number of ether oxygens (including phenoxy) is 1. The molecule has 0 amide bonds. The smallest absolute Gasteiger partial charge is 0.367 e. The van der Waals surface area contributed by atoms with E-state index < -0.39 is 11.7 Å². The van der Waals surface area contributed by atoms with E-state index in [2.05, 4.69) is 4.98 Å². The topological polar surface area (TPSA) is 50.4 Å². The van der Waals surface area contributed by atoms with E-state index in [1.807, 2.05) is 13.8 Å². The number of nitriles is 1. The quantitative estimate of drug-likeness (QED) is 0.812. The number of nitrogens with zero attached hydrogens (tertiary/aromatic N) is 2. The molecule has 0 spiro atoms. The lowest BCUT2D eigenvalue weighted by Crippen LogP contribution is -2.48. The first-order valence-corrected chi connectivity index (χ1v) is 8.69. The molecule has 0 unspecified atom stereocenters. The van der Waals surface area contributed by atoms with Gasteiger partial charge in [0.1, 0.15) is 24.9 Å². The molecule has 0 saturated carbocycles. The molecule has 1 saturated heterocycles. The van der Waals surface area contributed by atoms with Gasteiger partial charge >= 0.3 is 6.18 Å². The monoisotopic (exact) mass is 368 g/mol. The molecular weight excluding hydrogens is 351 g/mol. The summed E-state index contributed by atoms with van der Waals surface area (Å²) in [6.45, 7) is 4.56. The molecule has 2 aromatic rings. The number of rotatable bonds is 2. The van der Waals surface area contributed by atoms with E-state index in [0.29, 0.717) is 23.7 Å². The minimum Gasteiger partial charge on any atom is -0.367 e. The number of morpholine rings is 1. The molecular formula is C17H17F3N3OS+. The van der Waals surface area contributed by atoms with Crippen LogP contribution in [0, 0.1) is 11.3 Å². The van der Waals surface area contributed by atoms with Crippen LogP contribution in [0.1, 0.15) is 25.0 Å². The summed E-state index contributed by atoms with van der Waals surface area (Å²) in [6.07, 6.45) is -4.88. The summed E-state index contributed by atoms with van der Waals surface area (Å²) >= 11 is 1.34. The Labute approximate surface area is 147 Å². The van der Waals surface area contributed by atoms with E-state index in [0.717, 1.165) is 6.07 Å². The molecule has 0 aliphatic carbocycles. The third kappa shape index (κ3) is 3.62. The van der Waals surface area contributed by atoms with Crippen molar-refractivity contribution in [3.8, 4) is 16.6 Å². The number of anilines is 1. The highest BCUT2D eigenvalue weighted by Crippen LogP contribution is 2.37. The first-order valence-electron chi connectivity index (χ1n) is 7.81. The predicted octanol–water partition coefficient (Wildman–Crippen LogP) is 3.73. The van der Waals surface area contributed by atoms with Crippen LogP contribution < -0.4 is 9.88 Å². The van der Waals surface area contributed by atoms with Gasteiger partial charge < -0.3 is 4.74 Å². The van der Waals surface area contributed by atoms with Crippen LogP contribution in [0.3, 0.4) is 0 Å². The molecule has 2 atom stereocenters. The molecule has 1 fully saturated rings. The summed E-state index contributed by atoms with van der Waals surface area (Å²) in [5.41, 5.74) is -0.948. The van der Waals surface area contributed by atoms with Gasteiger partial charge in [-0.3, -0.25) is 4.90 Å². The Bertz CT molecular complexity index is 789. The van der Waals surface area contributed by atoms with Crippen molar-refractivity contribution in [2.45, 2.75) is 32.2 Å². The van der Waals surface area contributed by atoms with Crippen LogP contribution in [0.2, 0.25) is 0 Å². The zero-order chi connectivity index (χ0) is 18.2. The third-order valence-electron chi connectivity index (χ3n) is 3.99. The first kappa shape index (κ1) is 17.7. The Hall–Kier alpha value is -2.11. The number of hydrogen-bond donors (Lipinski definition) is 0. The van der Waals surface area contributed by atoms with Crippen LogP contribution in [-0.4, -0.2) is 25.3 Å². The maximum Gasteiger partial charge on any atom is 0.418 e. The predicted molar refractivity (Wildman–Crippen MR) is 88.2 cm³/mol. The van der Waals surface area contributed by atoms with Crippen molar-refractivity contribution in [1.82, 2.24) is 0 Å². The summed E-state index contributed by atoms with van der Waals surface area (Å²) in [5.74, 6) is 0.197. The molecule has 132 valence electrons. The summed E-state index contributed by atoms with van der Waals surface area (Å²) in [5, 5.41) is 11.2. The normalized spacial score (nSPS) is 21.2. The molecule has 2 aromatic heterocycles. The minimum absolute atomic E-state index is 0.136. The Kier molecular flexibility index (Phi) is 4.71. The van der Waals surface area contributed by atoms with Crippen molar-refractivity contribution in [3.63, 3.8) is 0 Å². The highest BCUT2D eigenvalue weighted by molar-refractivity contribution is 7.13. The van der Waals surface area contributed by atoms with Crippen molar-refractivity contribution < 1.29 is 22.9 Å². The molecule has 0 radical (unpaired) electrons. The number of pyridine rings is 1. The summed E-state index contributed by atoms with van der Waals surface area (Å²) in [6, 6.07) is 6.28. The number of aromatic amines is 1. The van der Waals surface area contributed by atoms with Crippen LogP contribution in [0.15, 0.2) is 23.6 Å². The number of thiophene rings is 1. The fraction of sp³-hybridized carbons (Fsp3) is 0.412. The van der Waals surface area contributed by atoms with E-state index in [4.69, 9.17) is 4.74 Å². The summed E-state index contributed by atoms with van der Waals surface area (Å²) in [4.78, 5) is 5.50. The van der Waals surface area contributed by atoms with Crippen molar-refractivity contribution >= 4 is 17.2 Å². The number of nitrogens with one attached hydrogen (secondary N) is 1. The van der Waals surface area contributed by atoms with Gasteiger partial charge in [0.2, 0.25) is 0 Å². The van der Waals surface area contributed by atoms with Gasteiger partial charge in [0.15, 0.2) is 5.56 Å². The lowest BCUT2D eigenvalue weighted by atomic mass is 10.1. The number of alkyl halides is 3. The van der Waals surface area contributed by atoms with Gasteiger partial charge in [0.05, 0.1) is 22.6 Å². The van der Waals surface area contributed by atoms with Crippen molar-refractivity contribution in [2.24, 2.45) is 0 Å². The van der Waals surface area contributed by atoms with Gasteiger partial charge in [-0.15, -0.1) is 11.3 Å². The number of aromatic nitrogens is 1. The van der Waals surface area contributed by atoms with E-state index in [-0.39, 0.29) is 23.6 Å². The Morgan fingerprint density at radius 3 is 2.52 bits per heavy atom. The van der Waals surface area contributed by atoms with Gasteiger partial charge in [-0.05, 0) is 25.3 Å². The van der Waals surface area contributed by atoms with Gasteiger partial charge in [-0.1, -0.05) is 6.07 Å². The van der Waals surface area contributed by atoms with Crippen LogP contribution >= 0.6 is 11.3 Å². The molecule has 4 nitrogen and oxygen atoms in total. The van der Waals surface area contributed by atoms with E-state index in [9.17, 15) is 18.4 Å². The van der Waals surface area contributed by atoms with Crippen molar-refractivity contribution in [2.75, 3.05) is 18.0 Å². The van der Waals surface area contributed by atoms with Gasteiger partial charge in [-0.2, -0.15) is 18.4 Å². The van der Waals surface area contributed by atoms with Crippen LogP contribution in [0.25, 0.3) is 10.6 Å². The van der Waals surface area contributed by atoms with E-state index in [1.165, 1.54) is 11.3 Å². The van der Waals surface area contributed by atoms with Gasteiger partial charge in [0, 0.05) is 6.07 Å². The summed E-state index contributed by atoms with van der Waals surface area (Å²) < 4.78 is 46.3. The molecule has 0 bridgehead atoms. The third-order valence-corrected chi connectivity index (χ3v) is 4.89. The highest BCUT2D eigenvalue weighted by atomic mass is 32.1. The molecule has 1 aliphatic heterocycles. The molecule has 1 aliphatic rings. The molecule has 1 N–H and O–H groups in total. The molecule has 0 aromatic carbocycles. The van der Waals surface area contributed by atoms with Gasteiger partial charge in [0.25, 0.3) is 5.82 Å². The van der Waals surface area contributed by atoms with Crippen molar-refractivity contribution in [3.05, 3.63) is 34.7 Å².